The minimum absolute atomic E-state index is 0.295. The van der Waals surface area contributed by atoms with Crippen molar-refractivity contribution in [1.82, 2.24) is 0 Å². The van der Waals surface area contributed by atoms with E-state index in [1.54, 1.807) is 6.92 Å². The first-order valence-corrected chi connectivity index (χ1v) is 4.38. The van der Waals surface area contributed by atoms with Crippen LogP contribution < -0.4 is 5.73 Å². The van der Waals surface area contributed by atoms with Gasteiger partial charge in [-0.2, -0.15) is 0 Å². The summed E-state index contributed by atoms with van der Waals surface area (Å²) in [7, 11) is 0. The van der Waals surface area contributed by atoms with E-state index in [0.717, 1.165) is 18.2 Å². The highest BCUT2D eigenvalue weighted by atomic mass is 19.3. The van der Waals surface area contributed by atoms with E-state index in [0.29, 0.717) is 5.56 Å². The Bertz CT molecular complexity index is 271. The fourth-order valence-corrected chi connectivity index (χ4v) is 1.22. The van der Waals surface area contributed by atoms with Crippen LogP contribution in [0, 0.1) is 0 Å². The highest BCUT2D eigenvalue weighted by Gasteiger charge is 2.15. The van der Waals surface area contributed by atoms with Crippen LogP contribution in [0.3, 0.4) is 0 Å². The zero-order chi connectivity index (χ0) is 11.6. The van der Waals surface area contributed by atoms with Crippen molar-refractivity contribution < 1.29 is 17.6 Å². The van der Waals surface area contributed by atoms with Crippen LogP contribution in [0.25, 0.3) is 0 Å². The molecule has 0 bridgehead atoms. The number of halogens is 4. The van der Waals surface area contributed by atoms with Crippen molar-refractivity contribution in [3.8, 4) is 0 Å². The molecule has 0 aliphatic heterocycles. The summed E-state index contributed by atoms with van der Waals surface area (Å²) in [6, 6.07) is 2.57. The number of rotatable bonds is 3. The van der Waals surface area contributed by atoms with Gasteiger partial charge in [0, 0.05) is 17.2 Å². The molecular formula is C10H11F4N. The van der Waals surface area contributed by atoms with Gasteiger partial charge in [0.1, 0.15) is 0 Å². The second kappa shape index (κ2) is 4.61. The topological polar surface area (TPSA) is 26.0 Å². The van der Waals surface area contributed by atoms with Crippen LogP contribution in [0.5, 0.6) is 0 Å². The Labute approximate surface area is 84.9 Å². The first-order chi connectivity index (χ1) is 6.91. The minimum atomic E-state index is -2.76. The predicted molar refractivity (Wildman–Crippen MR) is 49.0 cm³/mol. The van der Waals surface area contributed by atoms with Gasteiger partial charge in [0.05, 0.1) is 0 Å². The molecule has 0 saturated carbocycles. The predicted octanol–water partition coefficient (Wildman–Crippen LogP) is 3.58. The maximum atomic E-state index is 12.4. The third-order valence-corrected chi connectivity index (χ3v) is 2.03. The molecule has 15 heavy (non-hydrogen) atoms. The lowest BCUT2D eigenvalue weighted by Crippen LogP contribution is -2.06. The second-order valence-electron chi connectivity index (χ2n) is 3.32. The zero-order valence-electron chi connectivity index (χ0n) is 8.05. The van der Waals surface area contributed by atoms with Gasteiger partial charge in [0.25, 0.3) is 12.9 Å². The first kappa shape index (κ1) is 12.0. The van der Waals surface area contributed by atoms with Gasteiger partial charge in [0.2, 0.25) is 0 Å². The lowest BCUT2D eigenvalue weighted by molar-refractivity contribution is 0.144. The highest BCUT2D eigenvalue weighted by molar-refractivity contribution is 5.33. The summed E-state index contributed by atoms with van der Waals surface area (Å²) < 4.78 is 49.5. The first-order valence-electron chi connectivity index (χ1n) is 4.38. The van der Waals surface area contributed by atoms with Crippen LogP contribution in [0.4, 0.5) is 17.6 Å². The Morgan fingerprint density at radius 3 is 1.47 bits per heavy atom. The molecule has 1 unspecified atom stereocenters. The van der Waals surface area contributed by atoms with E-state index >= 15 is 0 Å². The van der Waals surface area contributed by atoms with Crippen molar-refractivity contribution in [2.75, 3.05) is 0 Å². The van der Waals surface area contributed by atoms with Gasteiger partial charge >= 0.3 is 0 Å². The maximum Gasteiger partial charge on any atom is 0.263 e. The van der Waals surface area contributed by atoms with E-state index in [1.807, 2.05) is 0 Å². The van der Waals surface area contributed by atoms with Crippen LogP contribution in [-0.4, -0.2) is 0 Å². The molecule has 0 aliphatic rings. The summed E-state index contributed by atoms with van der Waals surface area (Å²) in [6.07, 6.45) is -5.53. The Balaban J connectivity index is 3.20. The third kappa shape index (κ3) is 2.92. The third-order valence-electron chi connectivity index (χ3n) is 2.03. The fraction of sp³-hybridized carbons (Fsp3) is 0.400. The summed E-state index contributed by atoms with van der Waals surface area (Å²) >= 11 is 0. The van der Waals surface area contributed by atoms with E-state index in [1.165, 1.54) is 0 Å². The molecule has 0 heterocycles. The molecule has 0 aliphatic carbocycles. The smallest absolute Gasteiger partial charge is 0.263 e. The van der Waals surface area contributed by atoms with Gasteiger partial charge < -0.3 is 5.73 Å². The van der Waals surface area contributed by atoms with Crippen molar-refractivity contribution in [3.63, 3.8) is 0 Å². The summed E-state index contributed by atoms with van der Waals surface area (Å²) in [4.78, 5) is 0. The lowest BCUT2D eigenvalue weighted by Gasteiger charge is -2.11. The Kier molecular flexibility index (Phi) is 3.68. The van der Waals surface area contributed by atoms with Gasteiger partial charge in [-0.1, -0.05) is 0 Å². The van der Waals surface area contributed by atoms with Crippen LogP contribution in [-0.2, 0) is 0 Å². The lowest BCUT2D eigenvalue weighted by atomic mass is 10.0. The fourth-order valence-electron chi connectivity index (χ4n) is 1.22. The van der Waals surface area contributed by atoms with Crippen LogP contribution >= 0.6 is 0 Å². The Morgan fingerprint density at radius 1 is 0.867 bits per heavy atom. The standard InChI is InChI=1S/C10H11F4N/c1-5(15)6-2-7(9(11)12)4-8(3-6)10(13)14/h2-5,9-10H,15H2,1H3. The highest BCUT2D eigenvalue weighted by Crippen LogP contribution is 2.28. The molecule has 0 spiro atoms. The van der Waals surface area contributed by atoms with Crippen molar-refractivity contribution in [3.05, 3.63) is 34.9 Å². The molecule has 0 radical (unpaired) electrons. The summed E-state index contributed by atoms with van der Waals surface area (Å²) in [5, 5.41) is 0. The van der Waals surface area contributed by atoms with Gasteiger partial charge in [-0.15, -0.1) is 0 Å². The number of hydrogen-bond donors (Lipinski definition) is 1. The SMILES string of the molecule is CC(N)c1cc(C(F)F)cc(C(F)F)c1. The van der Waals surface area contributed by atoms with Gasteiger partial charge in [-0.25, -0.2) is 17.6 Å². The normalized spacial score (nSPS) is 13.6. The molecular weight excluding hydrogens is 210 g/mol. The average molecular weight is 221 g/mol. The van der Waals surface area contributed by atoms with Crippen LogP contribution in [0.2, 0.25) is 0 Å². The quantitative estimate of drug-likeness (QED) is 0.775. The van der Waals surface area contributed by atoms with Gasteiger partial charge in [-0.3, -0.25) is 0 Å². The van der Waals surface area contributed by atoms with Crippen LogP contribution in [0.1, 0.15) is 42.5 Å². The molecule has 1 rings (SSSR count). The van der Waals surface area contributed by atoms with E-state index in [-0.39, 0.29) is 0 Å². The molecule has 84 valence electrons. The molecule has 1 atom stereocenters. The summed E-state index contributed by atoms with van der Waals surface area (Å²) in [5.41, 5.74) is 4.92. The summed E-state index contributed by atoms with van der Waals surface area (Å²) in [5.74, 6) is 0. The number of hydrogen-bond acceptors (Lipinski definition) is 1. The molecule has 1 aromatic rings. The van der Waals surface area contributed by atoms with E-state index in [9.17, 15) is 17.6 Å². The molecule has 0 amide bonds. The summed E-state index contributed by atoms with van der Waals surface area (Å²) in [6.45, 7) is 1.56. The molecule has 0 saturated heterocycles. The minimum Gasteiger partial charge on any atom is -0.324 e. The van der Waals surface area contributed by atoms with Crippen LogP contribution in [0.15, 0.2) is 18.2 Å². The molecule has 1 aromatic carbocycles. The molecule has 1 nitrogen and oxygen atoms in total. The average Bonchev–Trinajstić information content (AvgIpc) is 2.16. The number of nitrogens with two attached hydrogens (primary N) is 1. The second-order valence-corrected chi connectivity index (χ2v) is 3.32. The molecule has 0 fully saturated rings. The number of benzene rings is 1. The number of alkyl halides is 4. The zero-order valence-corrected chi connectivity index (χ0v) is 8.05. The van der Waals surface area contributed by atoms with Gasteiger partial charge in [0.15, 0.2) is 0 Å². The Morgan fingerprint density at radius 2 is 1.20 bits per heavy atom. The van der Waals surface area contributed by atoms with E-state index < -0.39 is 30.0 Å². The largest absolute Gasteiger partial charge is 0.324 e. The molecule has 5 heteroatoms. The molecule has 0 aromatic heterocycles. The maximum absolute atomic E-state index is 12.4. The monoisotopic (exact) mass is 221 g/mol. The van der Waals surface area contributed by atoms with Crippen molar-refractivity contribution >= 4 is 0 Å². The Hall–Kier alpha value is -1.10. The van der Waals surface area contributed by atoms with E-state index in [4.69, 9.17) is 5.73 Å². The van der Waals surface area contributed by atoms with Crippen molar-refractivity contribution in [2.45, 2.75) is 25.8 Å². The van der Waals surface area contributed by atoms with Crippen molar-refractivity contribution in [2.24, 2.45) is 5.73 Å². The van der Waals surface area contributed by atoms with Gasteiger partial charge in [-0.05, 0) is 30.7 Å². The molecule has 2 N–H and O–H groups in total. The van der Waals surface area contributed by atoms with Crippen molar-refractivity contribution in [1.29, 1.82) is 0 Å². The van der Waals surface area contributed by atoms with E-state index in [2.05, 4.69) is 0 Å².